The van der Waals surface area contributed by atoms with E-state index >= 15 is 0 Å². The molecule has 0 heterocycles. The van der Waals surface area contributed by atoms with E-state index in [-0.39, 0.29) is 0 Å². The Bertz CT molecular complexity index is 570. The van der Waals surface area contributed by atoms with Crippen molar-refractivity contribution in [3.63, 3.8) is 0 Å². The lowest BCUT2D eigenvalue weighted by Gasteiger charge is -2.55. The van der Waals surface area contributed by atoms with Crippen LogP contribution in [0.15, 0.2) is 0 Å². The van der Waals surface area contributed by atoms with Crippen molar-refractivity contribution < 1.29 is 35.7 Å². The second kappa shape index (κ2) is 5.34. The van der Waals surface area contributed by atoms with Crippen LogP contribution in [0.5, 0.6) is 0 Å². The molecule has 4 rings (SSSR count). The van der Waals surface area contributed by atoms with Crippen LogP contribution in [0.1, 0.15) is 38.5 Å². The lowest BCUT2D eigenvalue weighted by molar-refractivity contribution is -0.176. The molecule has 23 heavy (non-hydrogen) atoms. The molecule has 0 spiro atoms. The van der Waals surface area contributed by atoms with Gasteiger partial charge in [-0.1, -0.05) is 0 Å². The molecule has 0 aliphatic heterocycles. The van der Waals surface area contributed by atoms with E-state index in [1.165, 1.54) is 0 Å². The van der Waals surface area contributed by atoms with E-state index in [0.717, 1.165) is 19.3 Å². The van der Waals surface area contributed by atoms with Crippen molar-refractivity contribution in [2.75, 3.05) is 6.61 Å². The Morgan fingerprint density at radius 3 is 1.96 bits per heavy atom. The molecule has 4 bridgehead atoms. The first-order valence-electron chi connectivity index (χ1n) is 7.67. The SMILES string of the molecule is O=C(OCC(F)(C(F)F)S(=O)(=O)O)C12CC3CC(CC(C3)C1)C2. The van der Waals surface area contributed by atoms with Gasteiger partial charge in [0.25, 0.3) is 6.43 Å². The van der Waals surface area contributed by atoms with E-state index in [1.54, 1.807) is 0 Å². The number of halogens is 3. The van der Waals surface area contributed by atoms with Gasteiger partial charge in [0.1, 0.15) is 6.61 Å². The van der Waals surface area contributed by atoms with Crippen LogP contribution in [-0.2, 0) is 19.6 Å². The predicted molar refractivity (Wildman–Crippen MR) is 73.0 cm³/mol. The summed E-state index contributed by atoms with van der Waals surface area (Å²) >= 11 is 0. The molecule has 4 fully saturated rings. The second-order valence-corrected chi connectivity index (χ2v) is 8.96. The van der Waals surface area contributed by atoms with Gasteiger partial charge in [-0.05, 0) is 56.3 Å². The Morgan fingerprint density at radius 1 is 1.17 bits per heavy atom. The smallest absolute Gasteiger partial charge is 0.327 e. The standard InChI is InChI=1S/C14H19F3O5S/c15-11(16)14(17,23(19,20)21)7-22-12(18)13-4-8-1-9(5-13)3-10(2-8)6-13/h8-11H,1-7H2,(H,19,20,21). The Hall–Kier alpha value is -0.830. The third kappa shape index (κ3) is 2.75. The molecular weight excluding hydrogens is 337 g/mol. The molecule has 4 aliphatic carbocycles. The fourth-order valence-corrected chi connectivity index (χ4v) is 5.36. The van der Waals surface area contributed by atoms with Crippen LogP contribution in [0.25, 0.3) is 0 Å². The maximum Gasteiger partial charge on any atom is 0.327 e. The van der Waals surface area contributed by atoms with Crippen molar-refractivity contribution >= 4 is 16.1 Å². The number of hydrogen-bond donors (Lipinski definition) is 1. The summed E-state index contributed by atoms with van der Waals surface area (Å²) < 4.78 is 74.3. The van der Waals surface area contributed by atoms with Crippen molar-refractivity contribution in [1.29, 1.82) is 0 Å². The maximum absolute atomic E-state index is 13.9. The maximum atomic E-state index is 13.9. The van der Waals surface area contributed by atoms with Crippen molar-refractivity contribution in [3.05, 3.63) is 0 Å². The highest BCUT2D eigenvalue weighted by Gasteiger charge is 2.58. The largest absolute Gasteiger partial charge is 0.460 e. The molecule has 0 aromatic rings. The number of alkyl halides is 3. The van der Waals surface area contributed by atoms with E-state index in [0.29, 0.717) is 37.0 Å². The summed E-state index contributed by atoms with van der Waals surface area (Å²) in [4.78, 5) is 12.4. The Morgan fingerprint density at radius 2 is 1.61 bits per heavy atom. The Labute approximate surface area is 132 Å². The summed E-state index contributed by atoms with van der Waals surface area (Å²) in [6, 6.07) is 0. The molecule has 5 nitrogen and oxygen atoms in total. The van der Waals surface area contributed by atoms with Gasteiger partial charge >= 0.3 is 21.1 Å². The van der Waals surface area contributed by atoms with Crippen molar-refractivity contribution in [3.8, 4) is 0 Å². The summed E-state index contributed by atoms with van der Waals surface area (Å²) in [5.74, 6) is 0.352. The quantitative estimate of drug-likeness (QED) is 0.605. The Balaban J connectivity index is 1.72. The molecule has 1 atom stereocenters. The first-order valence-corrected chi connectivity index (χ1v) is 9.11. The van der Waals surface area contributed by atoms with Crippen molar-refractivity contribution in [2.45, 2.75) is 50.0 Å². The van der Waals surface area contributed by atoms with Crippen molar-refractivity contribution in [2.24, 2.45) is 23.2 Å². The van der Waals surface area contributed by atoms with Gasteiger partial charge in [0, 0.05) is 0 Å². The fourth-order valence-electron chi connectivity index (χ4n) is 4.93. The Kier molecular flexibility index (Phi) is 3.95. The zero-order valence-electron chi connectivity index (χ0n) is 12.4. The molecule has 4 saturated carbocycles. The summed E-state index contributed by atoms with van der Waals surface area (Å²) in [5, 5.41) is -4.29. The highest BCUT2D eigenvalue weighted by atomic mass is 32.2. The van der Waals surface area contributed by atoms with E-state index in [2.05, 4.69) is 4.74 Å². The summed E-state index contributed by atoms with van der Waals surface area (Å²) in [7, 11) is -5.71. The highest BCUT2D eigenvalue weighted by molar-refractivity contribution is 7.87. The van der Waals surface area contributed by atoms with Gasteiger partial charge in [0.05, 0.1) is 5.41 Å². The zero-order chi connectivity index (χ0) is 17.0. The zero-order valence-corrected chi connectivity index (χ0v) is 13.2. The monoisotopic (exact) mass is 356 g/mol. The topological polar surface area (TPSA) is 80.7 Å². The van der Waals surface area contributed by atoms with Crippen LogP contribution in [-0.4, -0.2) is 37.0 Å². The first kappa shape index (κ1) is 17.0. The second-order valence-electron chi connectivity index (χ2n) is 7.34. The van der Waals surface area contributed by atoms with E-state index in [4.69, 9.17) is 4.55 Å². The summed E-state index contributed by atoms with van der Waals surface area (Å²) in [6.07, 6.45) is 0.861. The van der Waals surface area contributed by atoms with Gasteiger partial charge in [-0.2, -0.15) is 8.42 Å². The van der Waals surface area contributed by atoms with Crippen molar-refractivity contribution in [1.82, 2.24) is 0 Å². The number of carbonyl (C=O) groups excluding carboxylic acids is 1. The molecule has 1 N–H and O–H groups in total. The number of esters is 1. The van der Waals surface area contributed by atoms with E-state index in [9.17, 15) is 26.4 Å². The molecule has 0 aromatic carbocycles. The fraction of sp³-hybridized carbons (Fsp3) is 0.929. The molecule has 4 aliphatic rings. The summed E-state index contributed by atoms with van der Waals surface area (Å²) in [5.41, 5.74) is -0.809. The normalized spacial score (nSPS) is 38.6. The minimum atomic E-state index is -5.71. The highest BCUT2D eigenvalue weighted by Crippen LogP contribution is 2.60. The van der Waals surface area contributed by atoms with Gasteiger partial charge in [-0.25, -0.2) is 13.2 Å². The molecule has 0 aromatic heterocycles. The third-order valence-corrected chi connectivity index (χ3v) is 6.78. The van der Waals surface area contributed by atoms with Crippen LogP contribution in [0.2, 0.25) is 0 Å². The average Bonchev–Trinajstić information content (AvgIpc) is 2.41. The van der Waals surface area contributed by atoms with Gasteiger partial charge in [0.15, 0.2) is 0 Å². The molecule has 9 heteroatoms. The summed E-state index contributed by atoms with van der Waals surface area (Å²) in [6.45, 7) is -1.69. The lowest BCUT2D eigenvalue weighted by atomic mass is 9.49. The van der Waals surface area contributed by atoms with Crippen LogP contribution in [0.4, 0.5) is 13.2 Å². The van der Waals surface area contributed by atoms with E-state index in [1.807, 2.05) is 0 Å². The predicted octanol–water partition coefficient (Wildman–Crippen LogP) is 2.56. The first-order chi connectivity index (χ1) is 10.6. The van der Waals surface area contributed by atoms with Gasteiger partial charge in [-0.15, -0.1) is 0 Å². The van der Waals surface area contributed by atoms with Gasteiger partial charge in [-0.3, -0.25) is 9.35 Å². The molecular formula is C14H19F3O5S. The van der Waals surface area contributed by atoms with Crippen LogP contribution in [0.3, 0.4) is 0 Å². The molecule has 1 unspecified atom stereocenters. The number of rotatable bonds is 5. The number of carbonyl (C=O) groups is 1. The van der Waals surface area contributed by atoms with Gasteiger partial charge in [0.2, 0.25) is 0 Å². The molecule has 0 saturated heterocycles. The van der Waals surface area contributed by atoms with Crippen LogP contribution >= 0.6 is 0 Å². The lowest BCUT2D eigenvalue weighted by Crippen LogP contribution is -2.52. The third-order valence-electron chi connectivity index (χ3n) is 5.63. The molecule has 132 valence electrons. The van der Waals surface area contributed by atoms with E-state index < -0.39 is 39.5 Å². The van der Waals surface area contributed by atoms with Crippen LogP contribution < -0.4 is 0 Å². The minimum absolute atomic E-state index is 0.389. The number of hydrogen-bond acceptors (Lipinski definition) is 4. The number of ether oxygens (including phenoxy) is 1. The average molecular weight is 356 g/mol. The van der Waals surface area contributed by atoms with Crippen LogP contribution in [0, 0.1) is 23.2 Å². The molecule has 0 amide bonds. The molecule has 0 radical (unpaired) electrons. The minimum Gasteiger partial charge on any atom is -0.460 e. The van der Waals surface area contributed by atoms with Gasteiger partial charge < -0.3 is 4.74 Å².